The maximum Gasteiger partial charge on any atom is 0.308 e. The molecule has 5 nitrogen and oxygen atoms in total. The summed E-state index contributed by atoms with van der Waals surface area (Å²) in [6, 6.07) is 6.59. The number of nitrogens with zero attached hydrogens (tertiary/aromatic N) is 1. The average Bonchev–Trinajstić information content (AvgIpc) is 2.82. The Morgan fingerprint density at radius 2 is 1.70 bits per heavy atom. The average molecular weight is 311 g/mol. The summed E-state index contributed by atoms with van der Waals surface area (Å²) in [6.07, 6.45) is 6.14. The first-order valence-electron chi connectivity index (χ1n) is 7.91. The number of imide groups is 1. The fourth-order valence-corrected chi connectivity index (χ4v) is 4.18. The zero-order chi connectivity index (χ0) is 16.1. The number of esters is 1. The minimum atomic E-state index is -0.433. The normalized spacial score (nSPS) is 31.4. The molecule has 1 aliphatic heterocycles. The second-order valence-electron chi connectivity index (χ2n) is 6.44. The molecule has 1 heterocycles. The molecule has 5 heteroatoms. The largest absolute Gasteiger partial charge is 0.427 e. The number of benzene rings is 1. The van der Waals surface area contributed by atoms with Gasteiger partial charge in [-0.1, -0.05) is 18.2 Å². The van der Waals surface area contributed by atoms with Gasteiger partial charge >= 0.3 is 5.97 Å². The number of fused-ring (bicyclic) bond motifs is 1. The van der Waals surface area contributed by atoms with Gasteiger partial charge in [0.2, 0.25) is 11.8 Å². The Balaban J connectivity index is 1.69. The molecule has 4 aliphatic rings. The number of amides is 2. The number of allylic oxidation sites excluding steroid dienone is 2. The number of rotatable bonds is 2. The Bertz CT molecular complexity index is 706. The van der Waals surface area contributed by atoms with Gasteiger partial charge in [-0.3, -0.25) is 14.4 Å². The van der Waals surface area contributed by atoms with E-state index in [4.69, 9.17) is 4.74 Å². The molecule has 0 unspecified atom stereocenters. The summed E-state index contributed by atoms with van der Waals surface area (Å²) in [5, 5.41) is 0. The van der Waals surface area contributed by atoms with E-state index in [0.29, 0.717) is 11.4 Å². The maximum absolute atomic E-state index is 12.8. The maximum atomic E-state index is 12.8. The van der Waals surface area contributed by atoms with Crippen LogP contribution in [0, 0.1) is 23.7 Å². The first-order valence-corrected chi connectivity index (χ1v) is 7.91. The Labute approximate surface area is 133 Å². The molecule has 0 aromatic heterocycles. The SMILES string of the molecule is CC(=O)Oc1cccc(N2C(=O)[C@H]3[C@H](C2=O)[C@@H]2C=C[C@@H]3CC2)c1. The number of hydrogen-bond acceptors (Lipinski definition) is 4. The van der Waals surface area contributed by atoms with Crippen molar-refractivity contribution in [3.63, 3.8) is 0 Å². The van der Waals surface area contributed by atoms with Gasteiger partial charge in [-0.05, 0) is 36.8 Å². The Hall–Kier alpha value is -2.43. The highest BCUT2D eigenvalue weighted by atomic mass is 16.5. The third-order valence-electron chi connectivity index (χ3n) is 5.10. The van der Waals surface area contributed by atoms with E-state index < -0.39 is 5.97 Å². The molecule has 1 saturated heterocycles. The minimum absolute atomic E-state index is 0.126. The van der Waals surface area contributed by atoms with Crippen LogP contribution in [0.4, 0.5) is 5.69 Å². The van der Waals surface area contributed by atoms with Crippen LogP contribution in [0.25, 0.3) is 0 Å². The summed E-state index contributed by atoms with van der Waals surface area (Å²) in [7, 11) is 0. The first-order chi connectivity index (χ1) is 11.1. The smallest absolute Gasteiger partial charge is 0.308 e. The molecule has 118 valence electrons. The molecular formula is C18H17NO4. The van der Waals surface area contributed by atoms with Crippen LogP contribution < -0.4 is 9.64 Å². The van der Waals surface area contributed by atoms with Crippen molar-refractivity contribution in [2.45, 2.75) is 19.8 Å². The number of carbonyl (C=O) groups is 3. The standard InChI is InChI=1S/C18H17NO4/c1-10(20)23-14-4-2-3-13(9-14)19-17(21)15-11-5-6-12(8-7-11)16(15)18(19)22/h2-6,9,11-12,15-16H,7-8H2,1H3/t11-,12-,15-,16-/m1/s1. The summed E-state index contributed by atoms with van der Waals surface area (Å²) in [5.41, 5.74) is 0.479. The monoisotopic (exact) mass is 311 g/mol. The van der Waals surface area contributed by atoms with Crippen LogP contribution in [0.1, 0.15) is 19.8 Å². The molecule has 1 saturated carbocycles. The van der Waals surface area contributed by atoms with E-state index in [1.807, 2.05) is 0 Å². The molecule has 23 heavy (non-hydrogen) atoms. The molecule has 0 N–H and O–H groups in total. The van der Waals surface area contributed by atoms with Gasteiger partial charge in [0, 0.05) is 13.0 Å². The van der Waals surface area contributed by atoms with Crippen LogP contribution >= 0.6 is 0 Å². The summed E-state index contributed by atoms with van der Waals surface area (Å²) in [6.45, 7) is 1.32. The van der Waals surface area contributed by atoms with Gasteiger partial charge in [-0.15, -0.1) is 0 Å². The van der Waals surface area contributed by atoms with Crippen molar-refractivity contribution in [1.82, 2.24) is 0 Å². The van der Waals surface area contributed by atoms with Gasteiger partial charge in [0.15, 0.2) is 0 Å². The molecule has 1 aromatic rings. The highest BCUT2D eigenvalue weighted by molar-refractivity contribution is 6.22. The lowest BCUT2D eigenvalue weighted by Gasteiger charge is -2.38. The fraction of sp³-hybridized carbons (Fsp3) is 0.389. The quantitative estimate of drug-likeness (QED) is 0.364. The molecule has 0 spiro atoms. The summed E-state index contributed by atoms with van der Waals surface area (Å²) in [5.74, 6) is -0.472. The summed E-state index contributed by atoms with van der Waals surface area (Å²) >= 11 is 0. The third-order valence-corrected chi connectivity index (χ3v) is 5.10. The molecule has 4 atom stereocenters. The third kappa shape index (κ3) is 2.11. The van der Waals surface area contributed by atoms with Crippen molar-refractivity contribution >= 4 is 23.5 Å². The number of anilines is 1. The van der Waals surface area contributed by atoms with Crippen molar-refractivity contribution in [2.24, 2.45) is 23.7 Å². The van der Waals surface area contributed by atoms with Gasteiger partial charge in [-0.2, -0.15) is 0 Å². The van der Waals surface area contributed by atoms with Gasteiger partial charge in [0.05, 0.1) is 17.5 Å². The summed E-state index contributed by atoms with van der Waals surface area (Å²) in [4.78, 5) is 38.0. The van der Waals surface area contributed by atoms with Gasteiger partial charge in [0.1, 0.15) is 5.75 Å². The predicted octanol–water partition coefficient (Wildman–Crippen LogP) is 2.31. The summed E-state index contributed by atoms with van der Waals surface area (Å²) < 4.78 is 5.06. The highest BCUT2D eigenvalue weighted by Crippen LogP contribution is 2.50. The molecule has 1 aromatic carbocycles. The first kappa shape index (κ1) is 14.2. The van der Waals surface area contributed by atoms with E-state index in [0.717, 1.165) is 12.8 Å². The molecule has 5 rings (SSSR count). The molecule has 2 amide bonds. The van der Waals surface area contributed by atoms with E-state index in [9.17, 15) is 14.4 Å². The van der Waals surface area contributed by atoms with E-state index in [1.54, 1.807) is 24.3 Å². The lowest BCUT2D eigenvalue weighted by Crippen LogP contribution is -2.38. The van der Waals surface area contributed by atoms with Crippen LogP contribution in [0.2, 0.25) is 0 Å². The lowest BCUT2D eigenvalue weighted by atomic mass is 9.63. The number of ether oxygens (including phenoxy) is 1. The Kier molecular flexibility index (Phi) is 3.11. The Morgan fingerprint density at radius 3 is 2.22 bits per heavy atom. The van der Waals surface area contributed by atoms with Crippen LogP contribution in [-0.4, -0.2) is 17.8 Å². The predicted molar refractivity (Wildman–Crippen MR) is 82.6 cm³/mol. The molecule has 2 fully saturated rings. The van der Waals surface area contributed by atoms with E-state index in [1.165, 1.54) is 11.8 Å². The van der Waals surface area contributed by atoms with Gasteiger partial charge in [0.25, 0.3) is 0 Å². The number of carbonyl (C=O) groups excluding carboxylic acids is 3. The molecule has 3 aliphatic carbocycles. The molecule has 2 bridgehead atoms. The Morgan fingerprint density at radius 1 is 1.09 bits per heavy atom. The topological polar surface area (TPSA) is 63.7 Å². The van der Waals surface area contributed by atoms with E-state index in [-0.39, 0.29) is 35.5 Å². The zero-order valence-corrected chi connectivity index (χ0v) is 12.8. The lowest BCUT2D eigenvalue weighted by molar-refractivity contribution is -0.132. The van der Waals surface area contributed by atoms with Crippen LogP contribution in [0.15, 0.2) is 36.4 Å². The van der Waals surface area contributed by atoms with Crippen LogP contribution in [-0.2, 0) is 14.4 Å². The van der Waals surface area contributed by atoms with E-state index in [2.05, 4.69) is 12.2 Å². The van der Waals surface area contributed by atoms with Crippen molar-refractivity contribution in [1.29, 1.82) is 0 Å². The van der Waals surface area contributed by atoms with Crippen LogP contribution in [0.5, 0.6) is 5.75 Å². The minimum Gasteiger partial charge on any atom is -0.427 e. The second-order valence-corrected chi connectivity index (χ2v) is 6.44. The van der Waals surface area contributed by atoms with Gasteiger partial charge in [-0.25, -0.2) is 4.90 Å². The fourth-order valence-electron chi connectivity index (χ4n) is 4.18. The second kappa shape index (κ2) is 5.05. The van der Waals surface area contributed by atoms with E-state index >= 15 is 0 Å². The highest BCUT2D eigenvalue weighted by Gasteiger charge is 2.56. The zero-order valence-electron chi connectivity index (χ0n) is 12.8. The molecule has 0 radical (unpaired) electrons. The van der Waals surface area contributed by atoms with Crippen molar-refractivity contribution in [3.8, 4) is 5.75 Å². The van der Waals surface area contributed by atoms with Gasteiger partial charge < -0.3 is 4.74 Å². The van der Waals surface area contributed by atoms with Crippen molar-refractivity contribution < 1.29 is 19.1 Å². The van der Waals surface area contributed by atoms with Crippen molar-refractivity contribution in [3.05, 3.63) is 36.4 Å². The molecular weight excluding hydrogens is 294 g/mol. The van der Waals surface area contributed by atoms with Crippen molar-refractivity contribution in [2.75, 3.05) is 4.90 Å². The van der Waals surface area contributed by atoms with Crippen LogP contribution in [0.3, 0.4) is 0 Å². The number of hydrogen-bond donors (Lipinski definition) is 0.